The molecule has 0 spiro atoms. The highest BCUT2D eigenvalue weighted by molar-refractivity contribution is 6.42. The molecule has 0 fully saturated rings. The van der Waals surface area contributed by atoms with Gasteiger partial charge in [0, 0.05) is 12.5 Å². The third-order valence-corrected chi connectivity index (χ3v) is 4.14. The lowest BCUT2D eigenvalue weighted by Gasteiger charge is -2.26. The summed E-state index contributed by atoms with van der Waals surface area (Å²) in [6, 6.07) is 15.5. The van der Waals surface area contributed by atoms with E-state index in [1.165, 1.54) is 0 Å². The van der Waals surface area contributed by atoms with Crippen LogP contribution in [0.15, 0.2) is 48.5 Å². The lowest BCUT2D eigenvalue weighted by molar-refractivity contribution is 0.121. The van der Waals surface area contributed by atoms with Crippen LogP contribution in [-0.2, 0) is 0 Å². The molecule has 0 heterocycles. The standard InChI is InChI=1S/C17H19Cl2NO/c1-20(2)11-16(21)17(12-6-4-3-5-7-12)13-8-9-14(18)15(19)10-13/h3-10,16-17,21H,11H2,1-2H3/t16-,17-/m1/s1. The number of aliphatic hydroxyl groups excluding tert-OH is 1. The number of aliphatic hydroxyl groups is 1. The summed E-state index contributed by atoms with van der Waals surface area (Å²) >= 11 is 12.1. The van der Waals surface area contributed by atoms with E-state index in [0.29, 0.717) is 16.6 Å². The first kappa shape index (κ1) is 16.3. The first-order valence-corrected chi connectivity index (χ1v) is 7.57. The van der Waals surface area contributed by atoms with E-state index in [1.54, 1.807) is 6.07 Å². The van der Waals surface area contributed by atoms with Crippen molar-refractivity contribution in [2.24, 2.45) is 0 Å². The second-order valence-electron chi connectivity index (χ2n) is 5.39. The van der Waals surface area contributed by atoms with Crippen molar-refractivity contribution < 1.29 is 5.11 Å². The fourth-order valence-corrected chi connectivity index (χ4v) is 2.79. The van der Waals surface area contributed by atoms with Gasteiger partial charge in [0.1, 0.15) is 0 Å². The van der Waals surface area contributed by atoms with Crippen LogP contribution in [-0.4, -0.2) is 36.8 Å². The Morgan fingerprint density at radius 3 is 2.19 bits per heavy atom. The van der Waals surface area contributed by atoms with Crippen molar-refractivity contribution in [1.29, 1.82) is 0 Å². The molecule has 0 amide bonds. The predicted octanol–water partition coefficient (Wildman–Crippen LogP) is 4.05. The van der Waals surface area contributed by atoms with E-state index in [2.05, 4.69) is 0 Å². The van der Waals surface area contributed by atoms with Crippen LogP contribution >= 0.6 is 23.2 Å². The smallest absolute Gasteiger partial charge is 0.0775 e. The Bertz CT molecular complexity index is 587. The summed E-state index contributed by atoms with van der Waals surface area (Å²) in [7, 11) is 3.89. The number of hydrogen-bond acceptors (Lipinski definition) is 2. The molecule has 1 N–H and O–H groups in total. The molecule has 0 aliphatic carbocycles. The molecule has 112 valence electrons. The molecule has 0 aliphatic heterocycles. The molecule has 0 bridgehead atoms. The normalized spacial score (nSPS) is 14.2. The minimum absolute atomic E-state index is 0.136. The Kier molecular flexibility index (Phi) is 5.65. The van der Waals surface area contributed by atoms with E-state index in [4.69, 9.17) is 23.2 Å². The number of benzene rings is 2. The van der Waals surface area contributed by atoms with Gasteiger partial charge in [-0.2, -0.15) is 0 Å². The first-order valence-electron chi connectivity index (χ1n) is 6.81. The fourth-order valence-electron chi connectivity index (χ4n) is 2.48. The van der Waals surface area contributed by atoms with Crippen LogP contribution in [0.1, 0.15) is 17.0 Å². The second kappa shape index (κ2) is 7.28. The molecular weight excluding hydrogens is 305 g/mol. The lowest BCUT2D eigenvalue weighted by atomic mass is 9.86. The summed E-state index contributed by atoms with van der Waals surface area (Å²) in [5, 5.41) is 11.7. The van der Waals surface area contributed by atoms with Gasteiger partial charge in [0.05, 0.1) is 16.1 Å². The van der Waals surface area contributed by atoms with E-state index in [1.807, 2.05) is 61.5 Å². The van der Waals surface area contributed by atoms with Gasteiger partial charge < -0.3 is 10.0 Å². The minimum Gasteiger partial charge on any atom is -0.391 e. The third kappa shape index (κ3) is 4.21. The monoisotopic (exact) mass is 323 g/mol. The summed E-state index contributed by atoms with van der Waals surface area (Å²) in [5.41, 5.74) is 2.02. The molecule has 0 aromatic heterocycles. The number of rotatable bonds is 5. The second-order valence-corrected chi connectivity index (χ2v) is 6.21. The lowest BCUT2D eigenvalue weighted by Crippen LogP contribution is -2.31. The van der Waals surface area contributed by atoms with Crippen molar-refractivity contribution in [3.63, 3.8) is 0 Å². The van der Waals surface area contributed by atoms with Gasteiger partial charge in [-0.1, -0.05) is 59.6 Å². The van der Waals surface area contributed by atoms with Gasteiger partial charge in [-0.15, -0.1) is 0 Å². The Morgan fingerprint density at radius 2 is 1.62 bits per heavy atom. The summed E-state index contributed by atoms with van der Waals surface area (Å²) < 4.78 is 0. The van der Waals surface area contributed by atoms with Crippen LogP contribution in [0.4, 0.5) is 0 Å². The zero-order valence-corrected chi connectivity index (χ0v) is 13.6. The zero-order valence-electron chi connectivity index (χ0n) is 12.1. The average molecular weight is 324 g/mol. The van der Waals surface area contributed by atoms with Crippen molar-refractivity contribution in [1.82, 2.24) is 4.90 Å². The maximum atomic E-state index is 10.6. The molecule has 2 nitrogen and oxygen atoms in total. The largest absolute Gasteiger partial charge is 0.391 e. The van der Waals surface area contributed by atoms with Gasteiger partial charge in [0.15, 0.2) is 0 Å². The van der Waals surface area contributed by atoms with E-state index >= 15 is 0 Å². The van der Waals surface area contributed by atoms with Gasteiger partial charge in [-0.3, -0.25) is 0 Å². The molecule has 21 heavy (non-hydrogen) atoms. The van der Waals surface area contributed by atoms with E-state index in [0.717, 1.165) is 11.1 Å². The van der Waals surface area contributed by atoms with Gasteiger partial charge in [0.25, 0.3) is 0 Å². The Balaban J connectivity index is 2.42. The summed E-state index contributed by atoms with van der Waals surface area (Å²) in [5.74, 6) is -0.136. The molecule has 2 atom stereocenters. The van der Waals surface area contributed by atoms with Crippen LogP contribution in [0, 0.1) is 0 Å². The maximum Gasteiger partial charge on any atom is 0.0775 e. The van der Waals surface area contributed by atoms with E-state index < -0.39 is 6.10 Å². The van der Waals surface area contributed by atoms with Crippen molar-refractivity contribution in [2.75, 3.05) is 20.6 Å². The molecule has 2 aromatic carbocycles. The van der Waals surface area contributed by atoms with Crippen molar-refractivity contribution in [3.05, 3.63) is 69.7 Å². The number of hydrogen-bond donors (Lipinski definition) is 1. The van der Waals surface area contributed by atoms with Gasteiger partial charge >= 0.3 is 0 Å². The van der Waals surface area contributed by atoms with Crippen LogP contribution < -0.4 is 0 Å². The number of halogens is 2. The molecule has 0 aliphatic rings. The molecule has 2 rings (SSSR count). The van der Waals surface area contributed by atoms with Crippen LogP contribution in [0.25, 0.3) is 0 Å². The van der Waals surface area contributed by atoms with Gasteiger partial charge in [-0.25, -0.2) is 0 Å². The first-order chi connectivity index (χ1) is 9.99. The Morgan fingerprint density at radius 1 is 0.952 bits per heavy atom. The Labute approximate surface area is 135 Å². The molecule has 0 radical (unpaired) electrons. The van der Waals surface area contributed by atoms with Crippen molar-refractivity contribution in [3.8, 4) is 0 Å². The van der Waals surface area contributed by atoms with Crippen molar-refractivity contribution >= 4 is 23.2 Å². The molecule has 0 saturated carbocycles. The number of likely N-dealkylation sites (N-methyl/N-ethyl adjacent to an activating group) is 1. The number of nitrogens with zero attached hydrogens (tertiary/aromatic N) is 1. The summed E-state index contributed by atoms with van der Waals surface area (Å²) in [4.78, 5) is 1.97. The maximum absolute atomic E-state index is 10.6. The van der Waals surface area contributed by atoms with Crippen LogP contribution in [0.5, 0.6) is 0 Å². The van der Waals surface area contributed by atoms with E-state index in [-0.39, 0.29) is 5.92 Å². The predicted molar refractivity (Wildman–Crippen MR) is 89.3 cm³/mol. The molecule has 2 aromatic rings. The van der Waals surface area contributed by atoms with Crippen molar-refractivity contribution in [2.45, 2.75) is 12.0 Å². The summed E-state index contributed by atoms with van der Waals surface area (Å²) in [6.45, 7) is 0.569. The fraction of sp³-hybridized carbons (Fsp3) is 0.294. The third-order valence-electron chi connectivity index (χ3n) is 3.40. The molecule has 4 heteroatoms. The molecular formula is C17H19Cl2NO. The highest BCUT2D eigenvalue weighted by Crippen LogP contribution is 2.32. The average Bonchev–Trinajstić information content (AvgIpc) is 2.43. The van der Waals surface area contributed by atoms with Crippen LogP contribution in [0.3, 0.4) is 0 Å². The highest BCUT2D eigenvalue weighted by Gasteiger charge is 2.24. The Hall–Kier alpha value is -1.06. The van der Waals surface area contributed by atoms with E-state index in [9.17, 15) is 5.11 Å². The summed E-state index contributed by atoms with van der Waals surface area (Å²) in [6.07, 6.45) is -0.528. The zero-order chi connectivity index (χ0) is 15.4. The highest BCUT2D eigenvalue weighted by atomic mass is 35.5. The SMILES string of the molecule is CN(C)C[C@@H](O)[C@H](c1ccccc1)c1ccc(Cl)c(Cl)c1. The minimum atomic E-state index is -0.528. The van der Waals surface area contributed by atoms with Crippen LogP contribution in [0.2, 0.25) is 10.0 Å². The van der Waals surface area contributed by atoms with Gasteiger partial charge in [-0.05, 0) is 37.4 Å². The quantitative estimate of drug-likeness (QED) is 0.897. The van der Waals surface area contributed by atoms with Gasteiger partial charge in [0.2, 0.25) is 0 Å². The molecule has 0 saturated heterocycles. The molecule has 0 unspecified atom stereocenters. The topological polar surface area (TPSA) is 23.5 Å².